The molecule has 1 aliphatic rings. The van der Waals surface area contributed by atoms with E-state index in [0.717, 1.165) is 71.5 Å². The van der Waals surface area contributed by atoms with E-state index in [2.05, 4.69) is 40.8 Å². The smallest absolute Gasteiger partial charge is 0.336 e. The van der Waals surface area contributed by atoms with Gasteiger partial charge in [-0.15, -0.1) is 0 Å². The van der Waals surface area contributed by atoms with Gasteiger partial charge in [-0.3, -0.25) is 14.5 Å². The van der Waals surface area contributed by atoms with Crippen LogP contribution in [0, 0.1) is 12.8 Å². The van der Waals surface area contributed by atoms with Crippen molar-refractivity contribution in [2.24, 2.45) is 5.92 Å². The number of hydrogen-bond acceptors (Lipinski definition) is 6. The number of piperidine rings is 1. The molecule has 4 aromatic carbocycles. The first kappa shape index (κ1) is 37.0. The van der Waals surface area contributed by atoms with Crippen LogP contribution < -0.4 is 5.32 Å². The van der Waals surface area contributed by atoms with E-state index in [1.54, 1.807) is 12.1 Å². The third-order valence-corrected chi connectivity index (χ3v) is 10.8. The summed E-state index contributed by atoms with van der Waals surface area (Å²) >= 11 is 1.32. The zero-order chi connectivity index (χ0) is 36.6. The molecule has 0 radical (unpaired) electrons. The number of aromatic nitrogens is 2. The van der Waals surface area contributed by atoms with Crippen LogP contribution in [0.5, 0.6) is 0 Å². The molecule has 1 amide bonds. The van der Waals surface area contributed by atoms with E-state index in [4.69, 9.17) is 4.98 Å². The average Bonchev–Trinajstić information content (AvgIpc) is 3.48. The molecule has 1 aromatic heterocycles. The standard InChI is InChI=1S/C43H48N4O4S/c1-4-11-39-45-41-30(3)22-34(24-38(41)47(39)26-32-17-19-33(20-18-32)36-15-8-9-16-37(36)43(50)51)42(49)44-35(23-31-13-6-5-7-14-31)28-52-40(48)27-46-21-10-12-29(2)25-46/h5-9,13-20,22,24,29,35H,4,10-12,21,23,25-28H2,1-3H3,(H,44,49)(H,50,51). The molecule has 1 saturated heterocycles. The van der Waals surface area contributed by atoms with Gasteiger partial charge in [0.05, 0.1) is 23.1 Å². The first-order chi connectivity index (χ1) is 25.2. The summed E-state index contributed by atoms with van der Waals surface area (Å²) in [4.78, 5) is 46.2. The predicted octanol–water partition coefficient (Wildman–Crippen LogP) is 8.04. The van der Waals surface area contributed by atoms with E-state index in [0.29, 0.717) is 42.3 Å². The van der Waals surface area contributed by atoms with E-state index >= 15 is 0 Å². The molecule has 8 nitrogen and oxygen atoms in total. The molecule has 2 heterocycles. The minimum atomic E-state index is -0.954. The molecule has 0 bridgehead atoms. The highest BCUT2D eigenvalue weighted by atomic mass is 32.2. The maximum Gasteiger partial charge on any atom is 0.336 e. The van der Waals surface area contributed by atoms with E-state index in [9.17, 15) is 19.5 Å². The summed E-state index contributed by atoms with van der Waals surface area (Å²) in [5.41, 5.74) is 7.21. The monoisotopic (exact) mass is 716 g/mol. The van der Waals surface area contributed by atoms with Gasteiger partial charge in [-0.1, -0.05) is 98.4 Å². The molecule has 9 heteroatoms. The molecule has 270 valence electrons. The van der Waals surface area contributed by atoms with Crippen molar-refractivity contribution in [3.05, 3.63) is 125 Å². The Kier molecular flexibility index (Phi) is 12.2. The van der Waals surface area contributed by atoms with Crippen molar-refractivity contribution in [3.63, 3.8) is 0 Å². The van der Waals surface area contributed by atoms with Crippen molar-refractivity contribution in [2.45, 2.75) is 65.5 Å². The fourth-order valence-electron chi connectivity index (χ4n) is 7.23. The largest absolute Gasteiger partial charge is 0.478 e. The third kappa shape index (κ3) is 9.19. The molecule has 2 unspecified atom stereocenters. The van der Waals surface area contributed by atoms with Crippen LogP contribution in [0.1, 0.15) is 76.3 Å². The number of imidazole rings is 1. The van der Waals surface area contributed by atoms with Crippen molar-refractivity contribution >= 4 is 39.8 Å². The van der Waals surface area contributed by atoms with E-state index in [1.807, 2.05) is 73.7 Å². The summed E-state index contributed by atoms with van der Waals surface area (Å²) < 4.78 is 2.19. The van der Waals surface area contributed by atoms with Crippen molar-refractivity contribution < 1.29 is 19.5 Å². The van der Waals surface area contributed by atoms with Crippen LogP contribution in [0.2, 0.25) is 0 Å². The average molecular weight is 717 g/mol. The molecule has 0 aliphatic carbocycles. The number of rotatable bonds is 14. The predicted molar refractivity (Wildman–Crippen MR) is 210 cm³/mol. The van der Waals surface area contributed by atoms with Crippen LogP contribution in [0.25, 0.3) is 22.2 Å². The number of fused-ring (bicyclic) bond motifs is 1. The summed E-state index contributed by atoms with van der Waals surface area (Å²) in [6.07, 6.45) is 4.69. The number of hydrogen-bond donors (Lipinski definition) is 2. The minimum absolute atomic E-state index is 0.144. The number of amides is 1. The highest BCUT2D eigenvalue weighted by molar-refractivity contribution is 8.13. The Balaban J connectivity index is 1.23. The quantitative estimate of drug-likeness (QED) is 0.120. The maximum atomic E-state index is 14.0. The van der Waals surface area contributed by atoms with Crippen LogP contribution in [0.4, 0.5) is 0 Å². The van der Waals surface area contributed by atoms with Gasteiger partial charge >= 0.3 is 5.97 Å². The lowest BCUT2D eigenvalue weighted by atomic mass is 9.98. The lowest BCUT2D eigenvalue weighted by Crippen LogP contribution is -2.40. The SMILES string of the molecule is CCCc1nc2c(C)cc(C(=O)NC(CSC(=O)CN3CCCC(C)C3)Cc3ccccc3)cc2n1Cc1ccc(-c2ccccc2C(=O)O)cc1. The summed E-state index contributed by atoms with van der Waals surface area (Å²) in [7, 11) is 0. The zero-order valence-electron chi connectivity index (χ0n) is 30.3. The second-order valence-electron chi connectivity index (χ2n) is 14.1. The summed E-state index contributed by atoms with van der Waals surface area (Å²) in [5.74, 6) is 0.940. The molecule has 1 fully saturated rings. The molecular weight excluding hydrogens is 669 g/mol. The molecule has 5 aromatic rings. The summed E-state index contributed by atoms with van der Waals surface area (Å²) in [6.45, 7) is 9.30. The van der Waals surface area contributed by atoms with E-state index in [1.165, 1.54) is 18.2 Å². The van der Waals surface area contributed by atoms with Gasteiger partial charge in [-0.25, -0.2) is 9.78 Å². The van der Waals surface area contributed by atoms with Crippen molar-refractivity contribution in [2.75, 3.05) is 25.4 Å². The van der Waals surface area contributed by atoms with Crippen LogP contribution in [-0.2, 0) is 24.2 Å². The number of nitrogens with one attached hydrogen (secondary N) is 1. The van der Waals surface area contributed by atoms with Crippen molar-refractivity contribution in [3.8, 4) is 11.1 Å². The number of aromatic carboxylic acids is 1. The molecule has 0 saturated carbocycles. The van der Waals surface area contributed by atoms with Crippen LogP contribution in [-0.4, -0.2) is 68.0 Å². The molecule has 1 aliphatic heterocycles. The highest BCUT2D eigenvalue weighted by Gasteiger charge is 2.23. The fourth-order valence-corrected chi connectivity index (χ4v) is 8.09. The Labute approximate surface area is 310 Å². The number of carbonyl (C=O) groups excluding carboxylic acids is 2. The lowest BCUT2D eigenvalue weighted by Gasteiger charge is -2.30. The number of carbonyl (C=O) groups is 3. The van der Waals surface area contributed by atoms with Gasteiger partial charge in [-0.05, 0) is 91.1 Å². The van der Waals surface area contributed by atoms with Gasteiger partial charge in [0.25, 0.3) is 5.91 Å². The summed E-state index contributed by atoms with van der Waals surface area (Å²) in [6, 6.07) is 28.7. The Hall–Kier alpha value is -4.73. The van der Waals surface area contributed by atoms with Gasteiger partial charge in [0.1, 0.15) is 5.82 Å². The lowest BCUT2D eigenvalue weighted by molar-refractivity contribution is -0.112. The van der Waals surface area contributed by atoms with Gasteiger partial charge in [0.15, 0.2) is 0 Å². The highest BCUT2D eigenvalue weighted by Crippen LogP contribution is 2.27. The third-order valence-electron chi connectivity index (χ3n) is 9.82. The molecule has 2 N–H and O–H groups in total. The van der Waals surface area contributed by atoms with Gasteiger partial charge in [0, 0.05) is 36.9 Å². The number of thioether (sulfide) groups is 1. The Bertz CT molecular complexity index is 2020. The first-order valence-electron chi connectivity index (χ1n) is 18.3. The zero-order valence-corrected chi connectivity index (χ0v) is 31.1. The fraction of sp³-hybridized carbons (Fsp3) is 0.349. The van der Waals surface area contributed by atoms with Crippen molar-refractivity contribution in [1.29, 1.82) is 0 Å². The Morgan fingerprint density at radius 3 is 2.46 bits per heavy atom. The molecule has 52 heavy (non-hydrogen) atoms. The Morgan fingerprint density at radius 1 is 0.981 bits per heavy atom. The topological polar surface area (TPSA) is 105 Å². The second kappa shape index (κ2) is 17.2. The van der Waals surface area contributed by atoms with E-state index in [-0.39, 0.29) is 22.6 Å². The second-order valence-corrected chi connectivity index (χ2v) is 15.2. The minimum Gasteiger partial charge on any atom is -0.478 e. The van der Waals surface area contributed by atoms with Gasteiger partial charge < -0.3 is 15.0 Å². The molecule has 6 rings (SSSR count). The van der Waals surface area contributed by atoms with Crippen LogP contribution >= 0.6 is 11.8 Å². The molecular formula is C43H48N4O4S. The van der Waals surface area contributed by atoms with E-state index < -0.39 is 5.97 Å². The van der Waals surface area contributed by atoms with Gasteiger partial charge in [0.2, 0.25) is 5.12 Å². The Morgan fingerprint density at radius 2 is 1.73 bits per heavy atom. The summed E-state index contributed by atoms with van der Waals surface area (Å²) in [5, 5.41) is 13.1. The number of aryl methyl sites for hydroxylation is 2. The van der Waals surface area contributed by atoms with Gasteiger partial charge in [-0.2, -0.15) is 0 Å². The normalized spacial score (nSPS) is 15.4. The number of likely N-dealkylation sites (tertiary alicyclic amines) is 1. The number of nitrogens with zero attached hydrogens (tertiary/aromatic N) is 3. The number of carboxylic acids is 1. The number of benzene rings is 4. The maximum absolute atomic E-state index is 14.0. The van der Waals surface area contributed by atoms with Crippen LogP contribution in [0.3, 0.4) is 0 Å². The number of carboxylic acid groups (broad SMARTS) is 1. The molecule has 0 spiro atoms. The van der Waals surface area contributed by atoms with Crippen molar-refractivity contribution in [1.82, 2.24) is 19.8 Å². The first-order valence-corrected chi connectivity index (χ1v) is 19.3. The van der Waals surface area contributed by atoms with Crippen LogP contribution in [0.15, 0.2) is 91.0 Å². The molecule has 2 atom stereocenters.